The molecule has 0 radical (unpaired) electrons. The quantitative estimate of drug-likeness (QED) is 0.683. The minimum Gasteiger partial charge on any atom is -0.393 e. The summed E-state index contributed by atoms with van der Waals surface area (Å²) in [4.78, 5) is 0. The van der Waals surface area contributed by atoms with Gasteiger partial charge in [-0.3, -0.25) is 0 Å². The summed E-state index contributed by atoms with van der Waals surface area (Å²) < 4.78 is 0. The van der Waals surface area contributed by atoms with Crippen molar-refractivity contribution in [2.45, 2.75) is 19.4 Å². The van der Waals surface area contributed by atoms with Crippen LogP contribution in [0.2, 0.25) is 0 Å². The number of hydrogen-bond acceptors (Lipinski definition) is 5. The maximum absolute atomic E-state index is 9.10. The number of aromatic nitrogens is 2. The first-order valence-corrected chi connectivity index (χ1v) is 4.20. The third-order valence-corrected chi connectivity index (χ3v) is 2.41. The van der Waals surface area contributed by atoms with Gasteiger partial charge in [-0.05, 0) is 6.42 Å². The highest BCUT2D eigenvalue weighted by Gasteiger charge is 2.11. The smallest absolute Gasteiger partial charge is 0.148 e. The highest BCUT2D eigenvalue weighted by atomic mass is 32.1. The molecule has 0 fully saturated rings. The van der Waals surface area contributed by atoms with Gasteiger partial charge in [0.25, 0.3) is 0 Å². The lowest BCUT2D eigenvalue weighted by atomic mass is 10.4. The van der Waals surface area contributed by atoms with Crippen molar-refractivity contribution in [3.63, 3.8) is 0 Å². The number of nitrogens with zero attached hydrogens (tertiary/aromatic N) is 2. The van der Waals surface area contributed by atoms with E-state index in [0.717, 1.165) is 11.4 Å². The molecule has 0 aromatic carbocycles. The average molecular weight is 174 g/mol. The Balaban J connectivity index is 2.71. The molecule has 4 nitrogen and oxygen atoms in total. The van der Waals surface area contributed by atoms with Crippen LogP contribution in [0.5, 0.6) is 0 Å². The van der Waals surface area contributed by atoms with Gasteiger partial charge < -0.3 is 10.2 Å². The molecule has 5 heteroatoms. The van der Waals surface area contributed by atoms with E-state index >= 15 is 0 Å². The lowest BCUT2D eigenvalue weighted by Crippen LogP contribution is -2.01. The molecule has 1 rings (SSSR count). The summed E-state index contributed by atoms with van der Waals surface area (Å²) in [7, 11) is 0. The van der Waals surface area contributed by atoms with Crippen molar-refractivity contribution >= 4 is 11.3 Å². The first-order valence-electron chi connectivity index (χ1n) is 3.39. The van der Waals surface area contributed by atoms with Gasteiger partial charge in [-0.2, -0.15) is 0 Å². The summed E-state index contributed by atoms with van der Waals surface area (Å²) >= 11 is 1.33. The summed E-state index contributed by atoms with van der Waals surface area (Å²) in [6.07, 6.45) is -0.0525. The van der Waals surface area contributed by atoms with Crippen molar-refractivity contribution in [2.75, 3.05) is 6.61 Å². The summed E-state index contributed by atoms with van der Waals surface area (Å²) in [5, 5.41) is 26.5. The molecule has 0 saturated heterocycles. The van der Waals surface area contributed by atoms with Crippen LogP contribution in [0.4, 0.5) is 0 Å². The Morgan fingerprint density at radius 3 is 2.73 bits per heavy atom. The van der Waals surface area contributed by atoms with Gasteiger partial charge in [-0.15, -0.1) is 10.2 Å². The van der Waals surface area contributed by atoms with E-state index in [1.165, 1.54) is 11.3 Å². The number of aryl methyl sites for hydroxylation is 1. The number of aliphatic hydroxyl groups is 2. The second-order valence-electron chi connectivity index (χ2n) is 2.09. The van der Waals surface area contributed by atoms with Crippen LogP contribution >= 0.6 is 11.3 Å². The van der Waals surface area contributed by atoms with Crippen LogP contribution in [0.15, 0.2) is 0 Å². The van der Waals surface area contributed by atoms with E-state index in [-0.39, 0.29) is 6.61 Å². The van der Waals surface area contributed by atoms with Gasteiger partial charge in [0.2, 0.25) is 0 Å². The molecule has 1 aromatic rings. The Labute approximate surface area is 68.5 Å². The zero-order valence-corrected chi connectivity index (χ0v) is 7.01. The topological polar surface area (TPSA) is 66.2 Å². The lowest BCUT2D eigenvalue weighted by molar-refractivity contribution is 0.0948. The van der Waals surface area contributed by atoms with Crippen LogP contribution in [0.3, 0.4) is 0 Å². The van der Waals surface area contributed by atoms with Gasteiger partial charge >= 0.3 is 0 Å². The summed E-state index contributed by atoms with van der Waals surface area (Å²) in [5.41, 5.74) is 0. The van der Waals surface area contributed by atoms with E-state index in [1.54, 1.807) is 0 Å². The highest BCUT2D eigenvalue weighted by molar-refractivity contribution is 7.11. The molecule has 11 heavy (non-hydrogen) atoms. The largest absolute Gasteiger partial charge is 0.393 e. The molecule has 0 aliphatic carbocycles. The molecule has 0 bridgehead atoms. The first-order chi connectivity index (χ1) is 5.27. The van der Waals surface area contributed by atoms with E-state index in [2.05, 4.69) is 10.2 Å². The molecule has 1 atom stereocenters. The number of rotatable bonds is 3. The molecular formula is C6H10N2O2S. The lowest BCUT2D eigenvalue weighted by Gasteiger charge is -1.98. The second kappa shape index (κ2) is 3.75. The van der Waals surface area contributed by atoms with Crippen LogP contribution in [0.25, 0.3) is 0 Å². The molecule has 1 unspecified atom stereocenters. The summed E-state index contributed by atoms with van der Waals surface area (Å²) in [6.45, 7) is 1.67. The number of hydrogen-bond donors (Lipinski definition) is 2. The predicted molar refractivity (Wildman–Crippen MR) is 41.3 cm³/mol. The fourth-order valence-electron chi connectivity index (χ4n) is 0.622. The van der Waals surface area contributed by atoms with Gasteiger partial charge in [0, 0.05) is 0 Å². The van der Waals surface area contributed by atoms with Crippen molar-refractivity contribution in [2.24, 2.45) is 0 Å². The van der Waals surface area contributed by atoms with Gasteiger partial charge in [-0.25, -0.2) is 0 Å². The number of aliphatic hydroxyl groups excluding tert-OH is 2. The molecule has 1 aromatic heterocycles. The summed E-state index contributed by atoms with van der Waals surface area (Å²) in [5.74, 6) is 0. The van der Waals surface area contributed by atoms with Crippen molar-refractivity contribution in [3.05, 3.63) is 10.0 Å². The Hall–Kier alpha value is -0.520. The Morgan fingerprint density at radius 2 is 2.27 bits per heavy atom. The van der Waals surface area contributed by atoms with E-state index in [1.807, 2.05) is 6.92 Å². The van der Waals surface area contributed by atoms with E-state index in [0.29, 0.717) is 5.01 Å². The Kier molecular flexibility index (Phi) is 2.92. The molecule has 62 valence electrons. The van der Waals surface area contributed by atoms with Gasteiger partial charge in [0.05, 0.1) is 6.61 Å². The summed E-state index contributed by atoms with van der Waals surface area (Å²) in [6, 6.07) is 0. The fourth-order valence-corrected chi connectivity index (χ4v) is 1.38. The predicted octanol–water partition coefficient (Wildman–Crippen LogP) is 0.126. The molecule has 2 N–H and O–H groups in total. The van der Waals surface area contributed by atoms with E-state index in [9.17, 15) is 0 Å². The van der Waals surface area contributed by atoms with Gasteiger partial charge in [-0.1, -0.05) is 18.3 Å². The third-order valence-electron chi connectivity index (χ3n) is 1.24. The van der Waals surface area contributed by atoms with Crippen LogP contribution in [0.1, 0.15) is 23.0 Å². The van der Waals surface area contributed by atoms with Crippen molar-refractivity contribution in [1.82, 2.24) is 10.2 Å². The highest BCUT2D eigenvalue weighted by Crippen LogP contribution is 2.17. The minimum absolute atomic E-state index is 0.293. The van der Waals surface area contributed by atoms with E-state index < -0.39 is 6.10 Å². The van der Waals surface area contributed by atoms with Crippen molar-refractivity contribution in [1.29, 1.82) is 0 Å². The van der Waals surface area contributed by atoms with Crippen LogP contribution in [0, 0.1) is 0 Å². The molecule has 0 aliphatic heterocycles. The maximum atomic E-state index is 9.10. The standard InChI is InChI=1S/C6H10N2O2S/c1-2-5-7-8-6(11-5)4(10)3-9/h4,9-10H,2-3H2,1H3. The van der Waals surface area contributed by atoms with Crippen LogP contribution < -0.4 is 0 Å². The van der Waals surface area contributed by atoms with Gasteiger partial charge in [0.15, 0.2) is 0 Å². The monoisotopic (exact) mass is 174 g/mol. The first kappa shape index (κ1) is 8.58. The average Bonchev–Trinajstić information content (AvgIpc) is 2.50. The molecule has 0 amide bonds. The molecule has 0 saturated carbocycles. The minimum atomic E-state index is -0.868. The molecule has 0 spiro atoms. The third kappa shape index (κ3) is 1.95. The van der Waals surface area contributed by atoms with Crippen molar-refractivity contribution in [3.8, 4) is 0 Å². The SMILES string of the molecule is CCc1nnc(C(O)CO)s1. The Bertz CT molecular complexity index is 226. The van der Waals surface area contributed by atoms with Crippen molar-refractivity contribution < 1.29 is 10.2 Å². The Morgan fingerprint density at radius 1 is 1.55 bits per heavy atom. The zero-order chi connectivity index (χ0) is 8.27. The van der Waals surface area contributed by atoms with E-state index in [4.69, 9.17) is 10.2 Å². The fraction of sp³-hybridized carbons (Fsp3) is 0.667. The molecule has 0 aliphatic rings. The normalized spacial score (nSPS) is 13.4. The maximum Gasteiger partial charge on any atom is 0.148 e. The van der Waals surface area contributed by atoms with Crippen LogP contribution in [-0.4, -0.2) is 27.0 Å². The zero-order valence-electron chi connectivity index (χ0n) is 6.19. The van der Waals surface area contributed by atoms with Crippen LogP contribution in [-0.2, 0) is 6.42 Å². The molecular weight excluding hydrogens is 164 g/mol. The second-order valence-corrected chi connectivity index (χ2v) is 3.18. The van der Waals surface area contributed by atoms with Gasteiger partial charge in [0.1, 0.15) is 16.1 Å². The molecule has 1 heterocycles.